The molecule has 4 aromatic carbocycles. The molecular weight excluding hydrogens is 596 g/mol. The molecule has 5 aromatic rings. The van der Waals surface area contributed by atoms with Crippen molar-refractivity contribution in [2.75, 3.05) is 17.1 Å². The highest BCUT2D eigenvalue weighted by Crippen LogP contribution is 2.38. The lowest BCUT2D eigenvalue weighted by Crippen LogP contribution is -2.32. The monoisotopic (exact) mass is 628 g/mol. The van der Waals surface area contributed by atoms with Crippen LogP contribution in [0.3, 0.4) is 0 Å². The Bertz CT molecular complexity index is 2080. The van der Waals surface area contributed by atoms with Crippen LogP contribution in [0.1, 0.15) is 11.4 Å². The van der Waals surface area contributed by atoms with Crippen LogP contribution < -0.4 is 15.1 Å². The summed E-state index contributed by atoms with van der Waals surface area (Å²) < 4.78 is 3.65. The van der Waals surface area contributed by atoms with Crippen LogP contribution in [-0.2, 0) is 11.8 Å². The molecule has 234 valence electrons. The number of carbonyl (C=O) groups is 1. The normalized spacial score (nSPS) is 16.0. The van der Waals surface area contributed by atoms with Gasteiger partial charge in [-0.05, 0) is 60.7 Å². The smallest absolute Gasteiger partial charge is 0.225 e. The van der Waals surface area contributed by atoms with Gasteiger partial charge in [-0.2, -0.15) is 14.8 Å². The van der Waals surface area contributed by atoms with Crippen molar-refractivity contribution in [2.45, 2.75) is 0 Å². The minimum atomic E-state index is -0.278. The van der Waals surface area contributed by atoms with Crippen LogP contribution in [0.15, 0.2) is 173 Å². The first-order valence-electron chi connectivity index (χ1n) is 15.5. The molecule has 0 saturated carbocycles. The van der Waals surface area contributed by atoms with Crippen LogP contribution in [0.5, 0.6) is 0 Å². The molecule has 2 aliphatic rings. The SMILES string of the molecule is Cn1c(/C=N/N(c2ccccc2)c2ccccc2)ccc1C1=C([O-])/C(=C2\C=CC(/C=N/N(c3ccccc3)c3ccccc3)=[N+]2C)C1=O. The molecule has 0 radical (unpaired) electrons. The molecule has 1 aromatic heterocycles. The summed E-state index contributed by atoms with van der Waals surface area (Å²) in [5.74, 6) is -0.556. The first-order chi connectivity index (χ1) is 23.5. The van der Waals surface area contributed by atoms with Gasteiger partial charge in [-0.25, -0.2) is 10.0 Å². The molecule has 2 heterocycles. The first-order valence-corrected chi connectivity index (χ1v) is 15.5. The summed E-state index contributed by atoms with van der Waals surface area (Å²) >= 11 is 0. The summed E-state index contributed by atoms with van der Waals surface area (Å²) in [6, 6.07) is 43.1. The van der Waals surface area contributed by atoms with Gasteiger partial charge in [0, 0.05) is 24.8 Å². The molecule has 0 fully saturated rings. The zero-order valence-corrected chi connectivity index (χ0v) is 26.5. The Hall–Kier alpha value is -6.54. The molecule has 0 saturated heterocycles. The molecule has 0 amide bonds. The summed E-state index contributed by atoms with van der Waals surface area (Å²) in [5, 5.41) is 26.8. The van der Waals surface area contributed by atoms with Gasteiger partial charge < -0.3 is 9.67 Å². The van der Waals surface area contributed by atoms with Crippen molar-refractivity contribution in [2.24, 2.45) is 17.3 Å². The molecule has 8 nitrogen and oxygen atoms in total. The lowest BCUT2D eigenvalue weighted by Gasteiger charge is -2.30. The van der Waals surface area contributed by atoms with Gasteiger partial charge in [-0.1, -0.05) is 78.6 Å². The van der Waals surface area contributed by atoms with E-state index in [1.54, 1.807) is 24.6 Å². The molecule has 8 heteroatoms. The zero-order valence-electron chi connectivity index (χ0n) is 26.5. The van der Waals surface area contributed by atoms with E-state index < -0.39 is 0 Å². The standard InChI is InChI=1S/C40H32N6O2/c1-43-33(27-41-45(29-15-7-3-8-16-29)30-17-9-4-10-18-30)23-25-35(43)37-39(47)38(40(37)48)36-26-24-34(44(36)2)28-42-46(31-19-11-5-12-20-31)32-21-13-6-14-22-32/h3-28H,1-2H3. The van der Waals surface area contributed by atoms with Crippen molar-refractivity contribution in [1.29, 1.82) is 0 Å². The Morgan fingerprint density at radius 2 is 1.08 bits per heavy atom. The molecule has 0 spiro atoms. The highest BCUT2D eigenvalue weighted by atomic mass is 16.3. The minimum Gasteiger partial charge on any atom is -0.871 e. The average Bonchev–Trinajstić information content (AvgIpc) is 3.67. The molecule has 1 aliphatic heterocycles. The number of benzene rings is 4. The summed E-state index contributed by atoms with van der Waals surface area (Å²) in [6.07, 6.45) is 7.13. The number of hydrogen-bond donors (Lipinski definition) is 0. The third-order valence-electron chi connectivity index (χ3n) is 8.36. The maximum Gasteiger partial charge on any atom is 0.225 e. The van der Waals surface area contributed by atoms with Gasteiger partial charge in [0.25, 0.3) is 0 Å². The molecule has 7 rings (SSSR count). The van der Waals surface area contributed by atoms with E-state index in [0.717, 1.165) is 34.2 Å². The number of nitrogens with zero attached hydrogens (tertiary/aromatic N) is 6. The molecule has 1 aliphatic carbocycles. The third kappa shape index (κ3) is 5.67. The maximum atomic E-state index is 13.6. The molecule has 48 heavy (non-hydrogen) atoms. The van der Waals surface area contributed by atoms with Crippen molar-refractivity contribution < 1.29 is 14.5 Å². The molecule has 0 unspecified atom stereocenters. The lowest BCUT2D eigenvalue weighted by atomic mass is 9.84. The highest BCUT2D eigenvalue weighted by Gasteiger charge is 2.37. The van der Waals surface area contributed by atoms with Gasteiger partial charge in [0.15, 0.2) is 0 Å². The summed E-state index contributed by atoms with van der Waals surface area (Å²) in [7, 11) is 3.67. The van der Waals surface area contributed by atoms with Gasteiger partial charge >= 0.3 is 0 Å². The first kappa shape index (κ1) is 30.1. The topological polar surface area (TPSA) is 79.3 Å². The Balaban J connectivity index is 1.16. The largest absolute Gasteiger partial charge is 0.871 e. The molecule has 0 N–H and O–H groups in total. The van der Waals surface area contributed by atoms with Gasteiger partial charge in [-0.15, -0.1) is 0 Å². The van der Waals surface area contributed by atoms with Crippen LogP contribution in [0, 0.1) is 0 Å². The zero-order chi connectivity index (χ0) is 33.0. The second kappa shape index (κ2) is 13.1. The van der Waals surface area contributed by atoms with Crippen LogP contribution >= 0.6 is 0 Å². The number of para-hydroxylation sites is 4. The number of hydrazone groups is 2. The minimum absolute atomic E-state index is 0.172. The number of aromatic nitrogens is 1. The fraction of sp³-hybridized carbons (Fsp3) is 0.0500. The number of allylic oxidation sites excluding steroid dienone is 4. The lowest BCUT2D eigenvalue weighted by molar-refractivity contribution is -0.434. The Morgan fingerprint density at radius 1 is 0.625 bits per heavy atom. The van der Waals surface area contributed by atoms with Crippen LogP contribution in [-0.4, -0.2) is 40.1 Å². The quantitative estimate of drug-likeness (QED) is 0.0800. The predicted molar refractivity (Wildman–Crippen MR) is 191 cm³/mol. The van der Waals surface area contributed by atoms with Crippen LogP contribution in [0.2, 0.25) is 0 Å². The second-order valence-electron chi connectivity index (χ2n) is 11.3. The summed E-state index contributed by atoms with van der Waals surface area (Å²) in [6.45, 7) is 0. The highest BCUT2D eigenvalue weighted by molar-refractivity contribution is 6.39. The van der Waals surface area contributed by atoms with Crippen molar-refractivity contribution in [3.63, 3.8) is 0 Å². The number of rotatable bonds is 9. The van der Waals surface area contributed by atoms with Gasteiger partial charge in [0.05, 0.1) is 45.9 Å². The number of anilines is 4. The van der Waals surface area contributed by atoms with Crippen molar-refractivity contribution in [3.05, 3.63) is 174 Å². The van der Waals surface area contributed by atoms with E-state index in [9.17, 15) is 9.90 Å². The Morgan fingerprint density at radius 3 is 1.54 bits per heavy atom. The third-order valence-corrected chi connectivity index (χ3v) is 8.36. The summed E-state index contributed by atoms with van der Waals surface area (Å²) in [5.41, 5.74) is 6.59. The van der Waals surface area contributed by atoms with Gasteiger partial charge in [0.1, 0.15) is 13.3 Å². The van der Waals surface area contributed by atoms with E-state index in [2.05, 4.69) is 0 Å². The summed E-state index contributed by atoms with van der Waals surface area (Å²) in [4.78, 5) is 13.6. The van der Waals surface area contributed by atoms with Crippen molar-refractivity contribution in [1.82, 2.24) is 4.57 Å². The van der Waals surface area contributed by atoms with E-state index in [0.29, 0.717) is 11.4 Å². The van der Waals surface area contributed by atoms with E-state index in [-0.39, 0.29) is 22.7 Å². The van der Waals surface area contributed by atoms with E-state index in [1.165, 1.54) is 0 Å². The van der Waals surface area contributed by atoms with E-state index >= 15 is 0 Å². The maximum absolute atomic E-state index is 13.6. The number of likely N-dealkylation sites (N-methyl/N-ethyl adjacent to an activating group) is 1. The molecule has 0 atom stereocenters. The Kier molecular flexibility index (Phi) is 8.20. The van der Waals surface area contributed by atoms with Crippen molar-refractivity contribution in [3.8, 4) is 0 Å². The van der Waals surface area contributed by atoms with Crippen LogP contribution in [0.25, 0.3) is 5.57 Å². The average molecular weight is 629 g/mol. The Labute approximate surface area is 279 Å². The number of Topliss-reactive ketones (excluding diaryl/α,β-unsaturated/α-hetero) is 1. The van der Waals surface area contributed by atoms with E-state index in [1.807, 2.05) is 167 Å². The number of ketones is 1. The second-order valence-corrected chi connectivity index (χ2v) is 11.3. The fourth-order valence-electron chi connectivity index (χ4n) is 5.75. The molecule has 0 bridgehead atoms. The van der Waals surface area contributed by atoms with Crippen molar-refractivity contribution >= 4 is 52.2 Å². The number of hydrogen-bond acceptors (Lipinski definition) is 6. The molecular formula is C40H32N6O2. The van der Waals surface area contributed by atoms with Crippen LogP contribution in [0.4, 0.5) is 22.7 Å². The predicted octanol–water partition coefficient (Wildman–Crippen LogP) is 6.58. The van der Waals surface area contributed by atoms with E-state index in [4.69, 9.17) is 10.2 Å². The number of carbonyl (C=O) groups excluding carboxylic acids is 1. The van der Waals surface area contributed by atoms with Gasteiger partial charge in [0.2, 0.25) is 17.2 Å². The van der Waals surface area contributed by atoms with Gasteiger partial charge in [-0.3, -0.25) is 4.79 Å². The fourth-order valence-corrected chi connectivity index (χ4v) is 5.75.